The number of primary sulfonamides is 1. The third-order valence-corrected chi connectivity index (χ3v) is 4.53. The van der Waals surface area contributed by atoms with E-state index in [9.17, 15) is 8.42 Å². The maximum absolute atomic E-state index is 11.8. The van der Waals surface area contributed by atoms with Crippen LogP contribution in [0.15, 0.2) is 57.9 Å². The van der Waals surface area contributed by atoms with Gasteiger partial charge in [-0.05, 0) is 37.1 Å². The van der Waals surface area contributed by atoms with Crippen LogP contribution in [0.4, 0.5) is 0 Å². The summed E-state index contributed by atoms with van der Waals surface area (Å²) >= 11 is 0. The summed E-state index contributed by atoms with van der Waals surface area (Å²) in [5.41, 5.74) is 4.09. The van der Waals surface area contributed by atoms with Crippen LogP contribution in [0.25, 0.3) is 22.5 Å². The summed E-state index contributed by atoms with van der Waals surface area (Å²) in [5.74, 6) is 0.375. The average molecular weight is 328 g/mol. The quantitative estimate of drug-likeness (QED) is 0.799. The van der Waals surface area contributed by atoms with E-state index >= 15 is 0 Å². The Morgan fingerprint density at radius 2 is 1.61 bits per heavy atom. The van der Waals surface area contributed by atoms with Crippen molar-refractivity contribution in [1.29, 1.82) is 0 Å². The molecule has 0 aliphatic heterocycles. The van der Waals surface area contributed by atoms with Crippen LogP contribution in [-0.2, 0) is 10.0 Å². The van der Waals surface area contributed by atoms with E-state index in [0.29, 0.717) is 17.0 Å². The van der Waals surface area contributed by atoms with Gasteiger partial charge in [0.2, 0.25) is 10.0 Å². The maximum Gasteiger partial charge on any atom is 0.238 e. The highest BCUT2D eigenvalue weighted by Crippen LogP contribution is 2.32. The predicted molar refractivity (Wildman–Crippen MR) is 88.2 cm³/mol. The normalized spacial score (nSPS) is 11.6. The molecule has 0 unspecified atom stereocenters. The van der Waals surface area contributed by atoms with E-state index in [-0.39, 0.29) is 4.90 Å². The Balaban J connectivity index is 2.21. The fourth-order valence-electron chi connectivity index (χ4n) is 2.39. The molecular weight excluding hydrogens is 312 g/mol. The number of sulfonamides is 1. The molecule has 0 saturated heterocycles. The highest BCUT2D eigenvalue weighted by molar-refractivity contribution is 7.89. The Bertz CT molecular complexity index is 958. The van der Waals surface area contributed by atoms with Gasteiger partial charge in [0.1, 0.15) is 0 Å². The van der Waals surface area contributed by atoms with Gasteiger partial charge < -0.3 is 4.52 Å². The van der Waals surface area contributed by atoms with E-state index in [1.54, 1.807) is 25.1 Å². The Kier molecular flexibility index (Phi) is 3.79. The number of hydrogen-bond acceptors (Lipinski definition) is 4. The molecule has 0 aliphatic carbocycles. The SMILES string of the molecule is Cc1ccc(-c2ccc(S(N)(=O)=O)c(-c3cc(C)no3)c2)cc1. The lowest BCUT2D eigenvalue weighted by Gasteiger charge is -2.09. The second-order valence-electron chi connectivity index (χ2n) is 5.45. The number of hydrogen-bond donors (Lipinski definition) is 1. The van der Waals surface area contributed by atoms with Crippen molar-refractivity contribution in [1.82, 2.24) is 5.16 Å². The lowest BCUT2D eigenvalue weighted by molar-refractivity contribution is 0.426. The smallest absolute Gasteiger partial charge is 0.238 e. The van der Waals surface area contributed by atoms with Gasteiger partial charge in [0, 0.05) is 11.6 Å². The number of nitrogens with two attached hydrogens (primary N) is 1. The highest BCUT2D eigenvalue weighted by atomic mass is 32.2. The van der Waals surface area contributed by atoms with Gasteiger partial charge in [-0.3, -0.25) is 0 Å². The van der Waals surface area contributed by atoms with Gasteiger partial charge in [-0.15, -0.1) is 0 Å². The summed E-state index contributed by atoms with van der Waals surface area (Å²) in [6, 6.07) is 14.6. The first-order valence-corrected chi connectivity index (χ1v) is 8.57. The lowest BCUT2D eigenvalue weighted by atomic mass is 10.0. The summed E-state index contributed by atoms with van der Waals surface area (Å²) in [6.45, 7) is 3.78. The molecule has 0 fully saturated rings. The second-order valence-corrected chi connectivity index (χ2v) is 6.98. The molecule has 0 saturated carbocycles. The van der Waals surface area contributed by atoms with Crippen LogP contribution in [0.5, 0.6) is 0 Å². The van der Waals surface area contributed by atoms with Crippen LogP contribution in [0.3, 0.4) is 0 Å². The Morgan fingerprint density at radius 1 is 0.957 bits per heavy atom. The average Bonchev–Trinajstić information content (AvgIpc) is 2.93. The molecule has 1 aromatic heterocycles. The van der Waals surface area contributed by atoms with Crippen LogP contribution in [-0.4, -0.2) is 13.6 Å². The first kappa shape index (κ1) is 15.5. The molecule has 0 aliphatic rings. The monoisotopic (exact) mass is 328 g/mol. The largest absolute Gasteiger partial charge is 0.356 e. The molecule has 3 rings (SSSR count). The van der Waals surface area contributed by atoms with Crippen LogP contribution >= 0.6 is 0 Å². The van der Waals surface area contributed by atoms with Crippen molar-refractivity contribution >= 4 is 10.0 Å². The number of aryl methyl sites for hydroxylation is 2. The minimum absolute atomic E-state index is 0.0181. The Morgan fingerprint density at radius 3 is 2.17 bits per heavy atom. The lowest BCUT2D eigenvalue weighted by Crippen LogP contribution is -2.13. The summed E-state index contributed by atoms with van der Waals surface area (Å²) in [4.78, 5) is 0.0181. The third-order valence-electron chi connectivity index (χ3n) is 3.56. The van der Waals surface area contributed by atoms with Gasteiger partial charge in [0.15, 0.2) is 5.76 Å². The van der Waals surface area contributed by atoms with E-state index in [4.69, 9.17) is 9.66 Å². The number of aromatic nitrogens is 1. The van der Waals surface area contributed by atoms with Crippen molar-refractivity contribution in [3.63, 3.8) is 0 Å². The Hall–Kier alpha value is -2.44. The van der Waals surface area contributed by atoms with E-state index in [1.807, 2.05) is 31.2 Å². The van der Waals surface area contributed by atoms with Gasteiger partial charge in [-0.2, -0.15) is 0 Å². The summed E-state index contributed by atoms with van der Waals surface area (Å²) < 4.78 is 28.9. The first-order chi connectivity index (χ1) is 10.8. The second kappa shape index (κ2) is 5.64. The van der Waals surface area contributed by atoms with Crippen molar-refractivity contribution in [2.24, 2.45) is 5.14 Å². The topological polar surface area (TPSA) is 86.2 Å². The van der Waals surface area contributed by atoms with Crippen molar-refractivity contribution in [2.75, 3.05) is 0 Å². The Labute approximate surface area is 134 Å². The van der Waals surface area contributed by atoms with Gasteiger partial charge >= 0.3 is 0 Å². The molecule has 5 nitrogen and oxygen atoms in total. The maximum atomic E-state index is 11.8. The van der Waals surface area contributed by atoms with E-state index in [1.165, 1.54) is 6.07 Å². The van der Waals surface area contributed by atoms with Crippen molar-refractivity contribution in [3.8, 4) is 22.5 Å². The zero-order valence-electron chi connectivity index (χ0n) is 12.8. The standard InChI is InChI=1S/C17H16N2O3S/c1-11-3-5-13(6-4-11)14-7-8-17(23(18,20)21)15(10-14)16-9-12(2)19-22-16/h3-10H,1-2H3,(H2,18,20,21). The van der Waals surface area contributed by atoms with E-state index in [0.717, 1.165) is 16.7 Å². The van der Waals surface area contributed by atoms with Gasteiger partial charge in [-0.25, -0.2) is 13.6 Å². The van der Waals surface area contributed by atoms with Crippen LogP contribution in [0.2, 0.25) is 0 Å². The van der Waals surface area contributed by atoms with Crippen LogP contribution in [0, 0.1) is 13.8 Å². The molecular formula is C17H16N2O3S. The van der Waals surface area contributed by atoms with Gasteiger partial charge in [0.25, 0.3) is 0 Å². The van der Waals surface area contributed by atoms with Gasteiger partial charge in [-0.1, -0.05) is 41.1 Å². The number of nitrogens with zero attached hydrogens (tertiary/aromatic N) is 1. The van der Waals surface area contributed by atoms with Crippen molar-refractivity contribution < 1.29 is 12.9 Å². The van der Waals surface area contributed by atoms with Crippen LogP contribution in [0.1, 0.15) is 11.3 Å². The first-order valence-electron chi connectivity index (χ1n) is 7.02. The van der Waals surface area contributed by atoms with Gasteiger partial charge in [0.05, 0.1) is 10.6 Å². The highest BCUT2D eigenvalue weighted by Gasteiger charge is 2.19. The molecule has 0 atom stereocenters. The summed E-state index contributed by atoms with van der Waals surface area (Å²) in [7, 11) is -3.87. The molecule has 0 amide bonds. The predicted octanol–water partition coefficient (Wildman–Crippen LogP) is 3.27. The van der Waals surface area contributed by atoms with E-state index < -0.39 is 10.0 Å². The molecule has 1 heterocycles. The van der Waals surface area contributed by atoms with Crippen molar-refractivity contribution in [3.05, 3.63) is 59.8 Å². The molecule has 2 N–H and O–H groups in total. The molecule has 2 aromatic carbocycles. The molecule has 0 radical (unpaired) electrons. The fourth-order valence-corrected chi connectivity index (χ4v) is 3.11. The summed E-state index contributed by atoms with van der Waals surface area (Å²) in [5, 5.41) is 9.14. The zero-order valence-corrected chi connectivity index (χ0v) is 13.6. The third kappa shape index (κ3) is 3.18. The molecule has 0 spiro atoms. The van der Waals surface area contributed by atoms with E-state index in [2.05, 4.69) is 5.16 Å². The van der Waals surface area contributed by atoms with Crippen LogP contribution < -0.4 is 5.14 Å². The minimum Gasteiger partial charge on any atom is -0.356 e. The summed E-state index contributed by atoms with van der Waals surface area (Å²) in [6.07, 6.45) is 0. The minimum atomic E-state index is -3.87. The van der Waals surface area contributed by atoms with Crippen molar-refractivity contribution in [2.45, 2.75) is 18.7 Å². The zero-order chi connectivity index (χ0) is 16.6. The molecule has 23 heavy (non-hydrogen) atoms. The molecule has 118 valence electrons. The molecule has 6 heteroatoms. The fraction of sp³-hybridized carbons (Fsp3) is 0.118. The molecule has 3 aromatic rings. The molecule has 0 bridgehead atoms. The number of benzene rings is 2. The number of rotatable bonds is 3.